The zero-order valence-electron chi connectivity index (χ0n) is 17.1. The molecule has 29 heavy (non-hydrogen) atoms. The molecule has 5 nitrogen and oxygen atoms in total. The molecule has 0 aliphatic carbocycles. The van der Waals surface area contributed by atoms with Crippen LogP contribution in [-0.4, -0.2) is 42.3 Å². The first-order valence-electron chi connectivity index (χ1n) is 10.4. The van der Waals surface area contributed by atoms with Crippen molar-refractivity contribution in [3.8, 4) is 5.75 Å². The van der Waals surface area contributed by atoms with Gasteiger partial charge in [0, 0.05) is 32.1 Å². The van der Waals surface area contributed by atoms with Gasteiger partial charge >= 0.3 is 0 Å². The van der Waals surface area contributed by atoms with Gasteiger partial charge in [-0.15, -0.1) is 0 Å². The molecule has 1 amide bonds. The molecule has 0 unspecified atom stereocenters. The Morgan fingerprint density at radius 1 is 1.00 bits per heavy atom. The molecular formula is C24H30N2O3. The molecule has 1 aliphatic rings. The SMILES string of the molecule is CC(=O)CCc1ccc(OCC(=O)NC2CCN(Cc3ccccc3)CC2)cc1. The third kappa shape index (κ3) is 7.35. The fraction of sp³-hybridized carbons (Fsp3) is 0.417. The molecule has 0 radical (unpaired) electrons. The van der Waals surface area contributed by atoms with E-state index in [1.807, 2.05) is 30.3 Å². The van der Waals surface area contributed by atoms with E-state index < -0.39 is 0 Å². The number of nitrogens with one attached hydrogen (secondary N) is 1. The lowest BCUT2D eigenvalue weighted by Gasteiger charge is -2.32. The minimum atomic E-state index is -0.0767. The highest BCUT2D eigenvalue weighted by Gasteiger charge is 2.20. The van der Waals surface area contributed by atoms with Gasteiger partial charge in [0.2, 0.25) is 0 Å². The van der Waals surface area contributed by atoms with Crippen molar-refractivity contribution in [1.29, 1.82) is 0 Å². The van der Waals surface area contributed by atoms with E-state index >= 15 is 0 Å². The molecule has 0 bridgehead atoms. The summed E-state index contributed by atoms with van der Waals surface area (Å²) in [5, 5.41) is 3.09. The number of amides is 1. The largest absolute Gasteiger partial charge is 0.484 e. The smallest absolute Gasteiger partial charge is 0.258 e. The highest BCUT2D eigenvalue weighted by atomic mass is 16.5. The number of ether oxygens (including phenoxy) is 1. The molecule has 1 fully saturated rings. The Bertz CT molecular complexity index is 782. The minimum Gasteiger partial charge on any atom is -0.484 e. The van der Waals surface area contributed by atoms with Gasteiger partial charge in [0.05, 0.1) is 0 Å². The molecule has 2 aromatic rings. The van der Waals surface area contributed by atoms with E-state index in [-0.39, 0.29) is 24.3 Å². The van der Waals surface area contributed by atoms with Crippen molar-refractivity contribution in [2.45, 2.75) is 45.2 Å². The third-order valence-electron chi connectivity index (χ3n) is 5.26. The van der Waals surface area contributed by atoms with Gasteiger partial charge in [0.15, 0.2) is 6.61 Å². The van der Waals surface area contributed by atoms with Crippen LogP contribution in [0.4, 0.5) is 0 Å². The number of aryl methyl sites for hydroxylation is 1. The molecule has 154 valence electrons. The van der Waals surface area contributed by atoms with Crippen LogP contribution in [0.1, 0.15) is 37.3 Å². The first-order chi connectivity index (χ1) is 14.1. The van der Waals surface area contributed by atoms with Crippen molar-refractivity contribution in [1.82, 2.24) is 10.2 Å². The molecule has 0 saturated carbocycles. The first kappa shape index (κ1) is 21.1. The zero-order valence-corrected chi connectivity index (χ0v) is 17.1. The Balaban J connectivity index is 1.34. The van der Waals surface area contributed by atoms with Crippen molar-refractivity contribution in [2.24, 2.45) is 0 Å². The van der Waals surface area contributed by atoms with E-state index in [9.17, 15) is 9.59 Å². The topological polar surface area (TPSA) is 58.6 Å². The van der Waals surface area contributed by atoms with Crippen LogP contribution < -0.4 is 10.1 Å². The molecule has 1 N–H and O–H groups in total. The Kier molecular flexibility index (Phi) is 7.82. The van der Waals surface area contributed by atoms with Crippen LogP contribution in [0.25, 0.3) is 0 Å². The number of carbonyl (C=O) groups excluding carboxylic acids is 2. The standard InChI is InChI=1S/C24H30N2O3/c1-19(27)7-8-20-9-11-23(12-10-20)29-18-24(28)25-22-13-15-26(16-14-22)17-21-5-3-2-4-6-21/h2-6,9-12,22H,7-8,13-18H2,1H3,(H,25,28). The number of ketones is 1. The van der Waals surface area contributed by atoms with Crippen molar-refractivity contribution in [2.75, 3.05) is 19.7 Å². The molecule has 0 aromatic heterocycles. The van der Waals surface area contributed by atoms with Gasteiger partial charge in [-0.05, 0) is 49.4 Å². The van der Waals surface area contributed by atoms with Crippen molar-refractivity contribution in [3.05, 3.63) is 65.7 Å². The van der Waals surface area contributed by atoms with Crippen molar-refractivity contribution in [3.63, 3.8) is 0 Å². The Morgan fingerprint density at radius 3 is 2.34 bits per heavy atom. The number of piperidine rings is 1. The van der Waals surface area contributed by atoms with Crippen LogP contribution >= 0.6 is 0 Å². The normalized spacial score (nSPS) is 15.1. The van der Waals surface area contributed by atoms with Gasteiger partial charge in [-0.1, -0.05) is 42.5 Å². The molecule has 0 spiro atoms. The van der Waals surface area contributed by atoms with Gasteiger partial charge in [-0.25, -0.2) is 0 Å². The van der Waals surface area contributed by atoms with Gasteiger partial charge in [-0.2, -0.15) is 0 Å². The lowest BCUT2D eigenvalue weighted by Crippen LogP contribution is -2.45. The average molecular weight is 395 g/mol. The maximum absolute atomic E-state index is 12.2. The van der Waals surface area contributed by atoms with E-state index in [0.717, 1.165) is 44.5 Å². The van der Waals surface area contributed by atoms with Gasteiger partial charge in [0.25, 0.3) is 5.91 Å². The van der Waals surface area contributed by atoms with Crippen LogP contribution in [0.15, 0.2) is 54.6 Å². The number of likely N-dealkylation sites (tertiary alicyclic amines) is 1. The van der Waals surface area contributed by atoms with E-state index in [0.29, 0.717) is 12.2 Å². The number of nitrogens with zero attached hydrogens (tertiary/aromatic N) is 1. The summed E-state index contributed by atoms with van der Waals surface area (Å²) in [6.45, 7) is 4.57. The Morgan fingerprint density at radius 2 is 1.69 bits per heavy atom. The number of hydrogen-bond acceptors (Lipinski definition) is 4. The summed E-state index contributed by atoms with van der Waals surface area (Å²) >= 11 is 0. The predicted molar refractivity (Wildman–Crippen MR) is 114 cm³/mol. The number of rotatable bonds is 9. The predicted octanol–water partition coefficient (Wildman–Crippen LogP) is 3.37. The third-order valence-corrected chi connectivity index (χ3v) is 5.26. The molecule has 1 saturated heterocycles. The van der Waals surface area contributed by atoms with Crippen LogP contribution in [0, 0.1) is 0 Å². The first-order valence-corrected chi connectivity index (χ1v) is 10.4. The molecule has 5 heteroatoms. The van der Waals surface area contributed by atoms with Gasteiger partial charge < -0.3 is 14.8 Å². The van der Waals surface area contributed by atoms with Crippen molar-refractivity contribution < 1.29 is 14.3 Å². The molecule has 2 aromatic carbocycles. The van der Waals surface area contributed by atoms with Crippen LogP contribution in [0.2, 0.25) is 0 Å². The average Bonchev–Trinajstić information content (AvgIpc) is 2.74. The van der Waals surface area contributed by atoms with Crippen molar-refractivity contribution >= 4 is 11.7 Å². The van der Waals surface area contributed by atoms with Crippen LogP contribution in [0.3, 0.4) is 0 Å². The van der Waals surface area contributed by atoms with E-state index in [1.54, 1.807) is 6.92 Å². The second-order valence-electron chi connectivity index (χ2n) is 7.74. The molecule has 3 rings (SSSR count). The monoisotopic (exact) mass is 394 g/mol. The summed E-state index contributed by atoms with van der Waals surface area (Å²) in [7, 11) is 0. The highest BCUT2D eigenvalue weighted by Crippen LogP contribution is 2.15. The number of benzene rings is 2. The second kappa shape index (κ2) is 10.8. The second-order valence-corrected chi connectivity index (χ2v) is 7.74. The fourth-order valence-electron chi connectivity index (χ4n) is 3.57. The maximum atomic E-state index is 12.2. The zero-order chi connectivity index (χ0) is 20.5. The quantitative estimate of drug-likeness (QED) is 0.708. The number of carbonyl (C=O) groups is 2. The van der Waals surface area contributed by atoms with Gasteiger partial charge in [0.1, 0.15) is 11.5 Å². The Labute approximate surface area is 173 Å². The Hall–Kier alpha value is -2.66. The number of Topliss-reactive ketones (excluding diaryl/α,β-unsaturated/α-hetero) is 1. The summed E-state index contributed by atoms with van der Waals surface area (Å²) in [6, 6.07) is 18.3. The van der Waals surface area contributed by atoms with Gasteiger partial charge in [-0.3, -0.25) is 9.69 Å². The summed E-state index contributed by atoms with van der Waals surface area (Å²) in [6.07, 6.45) is 3.21. The van der Waals surface area contributed by atoms with Crippen LogP contribution in [-0.2, 0) is 22.6 Å². The molecule has 1 aliphatic heterocycles. The number of hydrogen-bond donors (Lipinski definition) is 1. The molecule has 0 atom stereocenters. The van der Waals surface area contributed by atoms with Crippen LogP contribution in [0.5, 0.6) is 5.75 Å². The molecule has 1 heterocycles. The summed E-state index contributed by atoms with van der Waals surface area (Å²) < 4.78 is 5.60. The minimum absolute atomic E-state index is 0.0248. The van der Waals surface area contributed by atoms with E-state index in [4.69, 9.17) is 4.74 Å². The lowest BCUT2D eigenvalue weighted by molar-refractivity contribution is -0.124. The summed E-state index contributed by atoms with van der Waals surface area (Å²) in [5.41, 5.74) is 2.43. The molecular weight excluding hydrogens is 364 g/mol. The lowest BCUT2D eigenvalue weighted by atomic mass is 10.0. The van der Waals surface area contributed by atoms with E-state index in [2.05, 4.69) is 34.5 Å². The van der Waals surface area contributed by atoms with E-state index in [1.165, 1.54) is 5.56 Å². The summed E-state index contributed by atoms with van der Waals surface area (Å²) in [5.74, 6) is 0.782. The maximum Gasteiger partial charge on any atom is 0.258 e. The highest BCUT2D eigenvalue weighted by molar-refractivity contribution is 5.77. The fourth-order valence-corrected chi connectivity index (χ4v) is 3.57. The summed E-state index contributed by atoms with van der Waals surface area (Å²) in [4.78, 5) is 25.7.